The van der Waals surface area contributed by atoms with Crippen molar-refractivity contribution in [1.29, 1.82) is 0 Å². The molecule has 0 aliphatic heterocycles. The van der Waals surface area contributed by atoms with Gasteiger partial charge in [-0.15, -0.1) is 0 Å². The number of hydrogen-bond donors (Lipinski definition) is 1. The maximum Gasteiger partial charge on any atom is 0.257 e. The van der Waals surface area contributed by atoms with Crippen molar-refractivity contribution in [3.05, 3.63) is 47.8 Å². The van der Waals surface area contributed by atoms with E-state index < -0.39 is 0 Å². The number of furan rings is 2. The van der Waals surface area contributed by atoms with E-state index in [0.29, 0.717) is 36.7 Å². The third kappa shape index (κ3) is 4.74. The Balaban J connectivity index is 2.04. The van der Waals surface area contributed by atoms with Crippen LogP contribution in [-0.4, -0.2) is 29.8 Å². The minimum atomic E-state index is -0.170. The lowest BCUT2D eigenvalue weighted by Crippen LogP contribution is -2.35. The smallest absolute Gasteiger partial charge is 0.257 e. The fraction of sp³-hybridized carbons (Fsp3) is 0.412. The van der Waals surface area contributed by atoms with Crippen LogP contribution in [0.5, 0.6) is 0 Å². The summed E-state index contributed by atoms with van der Waals surface area (Å²) in [6.07, 6.45) is 4.19. The van der Waals surface area contributed by atoms with Crippen LogP contribution in [0, 0.1) is 6.92 Å². The number of nitrogens with one attached hydrogen (secondary N) is 1. The van der Waals surface area contributed by atoms with E-state index in [4.69, 9.17) is 8.83 Å². The molecule has 2 amide bonds. The molecule has 0 unspecified atom stereocenters. The van der Waals surface area contributed by atoms with Crippen molar-refractivity contribution in [3.8, 4) is 0 Å². The van der Waals surface area contributed by atoms with Crippen LogP contribution in [0.3, 0.4) is 0 Å². The van der Waals surface area contributed by atoms with E-state index in [2.05, 4.69) is 5.32 Å². The van der Waals surface area contributed by atoms with Crippen LogP contribution in [0.1, 0.15) is 41.6 Å². The van der Waals surface area contributed by atoms with Crippen molar-refractivity contribution in [1.82, 2.24) is 10.2 Å². The number of aryl methyl sites for hydroxylation is 1. The monoisotopic (exact) mass is 318 g/mol. The van der Waals surface area contributed by atoms with E-state index in [1.165, 1.54) is 6.26 Å². The third-order valence-corrected chi connectivity index (χ3v) is 3.48. The zero-order chi connectivity index (χ0) is 16.7. The van der Waals surface area contributed by atoms with E-state index in [9.17, 15) is 9.59 Å². The van der Waals surface area contributed by atoms with Crippen LogP contribution in [0.4, 0.5) is 0 Å². The predicted octanol–water partition coefficient (Wildman–Crippen LogP) is 2.74. The summed E-state index contributed by atoms with van der Waals surface area (Å²) in [6.45, 7) is 5.02. The van der Waals surface area contributed by atoms with Gasteiger partial charge in [0, 0.05) is 19.5 Å². The van der Waals surface area contributed by atoms with E-state index in [0.717, 1.165) is 6.42 Å². The molecule has 2 aromatic rings. The van der Waals surface area contributed by atoms with Crippen molar-refractivity contribution < 1.29 is 18.4 Å². The Morgan fingerprint density at radius 1 is 1.22 bits per heavy atom. The molecule has 23 heavy (non-hydrogen) atoms. The lowest BCUT2D eigenvalue weighted by atomic mass is 10.2. The van der Waals surface area contributed by atoms with Gasteiger partial charge in [-0.1, -0.05) is 6.92 Å². The quantitative estimate of drug-likeness (QED) is 0.812. The van der Waals surface area contributed by atoms with Gasteiger partial charge in [-0.2, -0.15) is 0 Å². The molecule has 6 nitrogen and oxygen atoms in total. The third-order valence-electron chi connectivity index (χ3n) is 3.48. The number of hydrogen-bond acceptors (Lipinski definition) is 4. The molecule has 0 atom stereocenters. The van der Waals surface area contributed by atoms with Crippen molar-refractivity contribution >= 4 is 11.8 Å². The molecule has 2 rings (SSSR count). The first-order valence-corrected chi connectivity index (χ1v) is 7.74. The summed E-state index contributed by atoms with van der Waals surface area (Å²) >= 11 is 0. The van der Waals surface area contributed by atoms with Crippen LogP contribution >= 0.6 is 0 Å². The Kier molecular flexibility index (Phi) is 6.02. The Morgan fingerprint density at radius 2 is 2.04 bits per heavy atom. The lowest BCUT2D eigenvalue weighted by molar-refractivity contribution is -0.121. The number of carbonyl (C=O) groups is 2. The molecule has 0 aliphatic rings. The van der Waals surface area contributed by atoms with Gasteiger partial charge in [0.15, 0.2) is 0 Å². The molecular formula is C17H22N2O4. The summed E-state index contributed by atoms with van der Waals surface area (Å²) in [5, 5.41) is 2.81. The Labute approximate surface area is 135 Å². The summed E-state index contributed by atoms with van der Waals surface area (Å²) in [7, 11) is 0. The largest absolute Gasteiger partial charge is 0.469 e. The Hall–Kier alpha value is -2.50. The van der Waals surface area contributed by atoms with Crippen LogP contribution in [0.25, 0.3) is 0 Å². The highest BCUT2D eigenvalue weighted by Gasteiger charge is 2.21. The summed E-state index contributed by atoms with van der Waals surface area (Å²) in [5.41, 5.74) is 0.505. The number of carbonyl (C=O) groups excluding carboxylic acids is 2. The van der Waals surface area contributed by atoms with E-state index in [1.807, 2.05) is 6.92 Å². The molecule has 0 radical (unpaired) electrons. The van der Waals surface area contributed by atoms with Gasteiger partial charge < -0.3 is 19.1 Å². The Morgan fingerprint density at radius 3 is 2.65 bits per heavy atom. The number of nitrogens with zero attached hydrogens (tertiary/aromatic N) is 1. The first-order chi connectivity index (χ1) is 11.1. The van der Waals surface area contributed by atoms with E-state index in [1.54, 1.807) is 36.3 Å². The topological polar surface area (TPSA) is 75.7 Å². The molecule has 0 bridgehead atoms. The van der Waals surface area contributed by atoms with Crippen molar-refractivity contribution in [2.45, 2.75) is 33.2 Å². The lowest BCUT2D eigenvalue weighted by Gasteiger charge is -2.21. The zero-order valence-corrected chi connectivity index (χ0v) is 13.5. The molecule has 6 heteroatoms. The summed E-state index contributed by atoms with van der Waals surface area (Å²) in [6, 6.07) is 5.22. The minimum absolute atomic E-state index is 0.0620. The second-order valence-corrected chi connectivity index (χ2v) is 5.30. The van der Waals surface area contributed by atoms with Crippen molar-refractivity contribution in [2.75, 3.05) is 13.1 Å². The average Bonchev–Trinajstić information content (AvgIpc) is 3.20. The molecule has 0 saturated heterocycles. The van der Waals surface area contributed by atoms with Gasteiger partial charge in [0.05, 0.1) is 24.6 Å². The fourth-order valence-electron chi connectivity index (χ4n) is 2.21. The molecule has 0 fully saturated rings. The van der Waals surface area contributed by atoms with Gasteiger partial charge in [-0.25, -0.2) is 0 Å². The van der Waals surface area contributed by atoms with Crippen molar-refractivity contribution in [2.24, 2.45) is 0 Å². The molecule has 1 N–H and O–H groups in total. The summed E-state index contributed by atoms with van der Waals surface area (Å²) < 4.78 is 10.5. The second-order valence-electron chi connectivity index (χ2n) is 5.30. The highest BCUT2D eigenvalue weighted by atomic mass is 16.3. The number of amides is 2. The SMILES string of the molecule is CCCNC(=O)CCN(Cc1ccco1)C(=O)c1ccoc1C. The van der Waals surface area contributed by atoms with Gasteiger partial charge in [0.1, 0.15) is 11.5 Å². The highest BCUT2D eigenvalue weighted by Crippen LogP contribution is 2.15. The molecule has 2 heterocycles. The maximum absolute atomic E-state index is 12.7. The maximum atomic E-state index is 12.7. The van der Waals surface area contributed by atoms with Crippen molar-refractivity contribution in [3.63, 3.8) is 0 Å². The minimum Gasteiger partial charge on any atom is -0.469 e. The van der Waals surface area contributed by atoms with Crippen LogP contribution in [-0.2, 0) is 11.3 Å². The first-order valence-electron chi connectivity index (χ1n) is 7.74. The normalized spacial score (nSPS) is 10.5. The molecule has 0 aliphatic carbocycles. The molecule has 0 aromatic carbocycles. The van der Waals surface area contributed by atoms with E-state index >= 15 is 0 Å². The summed E-state index contributed by atoms with van der Waals surface area (Å²) in [5.74, 6) is 1.01. The van der Waals surface area contributed by atoms with Crippen LogP contribution < -0.4 is 5.32 Å². The fourth-order valence-corrected chi connectivity index (χ4v) is 2.21. The van der Waals surface area contributed by atoms with E-state index in [-0.39, 0.29) is 18.2 Å². The first kappa shape index (κ1) is 16.9. The van der Waals surface area contributed by atoms with Gasteiger partial charge in [0.2, 0.25) is 5.91 Å². The number of rotatable bonds is 8. The molecular weight excluding hydrogens is 296 g/mol. The highest BCUT2D eigenvalue weighted by molar-refractivity contribution is 5.95. The Bertz CT molecular complexity index is 631. The van der Waals surface area contributed by atoms with Gasteiger partial charge in [-0.05, 0) is 31.5 Å². The zero-order valence-electron chi connectivity index (χ0n) is 13.5. The molecule has 124 valence electrons. The average molecular weight is 318 g/mol. The molecule has 2 aromatic heterocycles. The second kappa shape index (κ2) is 8.22. The molecule has 0 saturated carbocycles. The van der Waals surface area contributed by atoms with Gasteiger partial charge >= 0.3 is 0 Å². The summed E-state index contributed by atoms with van der Waals surface area (Å²) in [4.78, 5) is 26.1. The standard InChI is InChI=1S/C17H22N2O4/c1-3-8-18-16(20)6-9-19(12-14-5-4-10-23-14)17(21)15-7-11-22-13(15)2/h4-5,7,10-11H,3,6,8-9,12H2,1-2H3,(H,18,20). The van der Waals surface area contributed by atoms with Crippen LogP contribution in [0.2, 0.25) is 0 Å². The van der Waals surface area contributed by atoms with Crippen LogP contribution in [0.15, 0.2) is 39.6 Å². The van der Waals surface area contributed by atoms with Gasteiger partial charge in [-0.3, -0.25) is 9.59 Å². The predicted molar refractivity (Wildman–Crippen MR) is 84.8 cm³/mol. The van der Waals surface area contributed by atoms with Gasteiger partial charge in [0.25, 0.3) is 5.91 Å². The molecule has 0 spiro atoms.